The zero-order chi connectivity index (χ0) is 20.6. The average Bonchev–Trinajstić information content (AvgIpc) is 2.63. The Labute approximate surface area is 160 Å². The van der Waals surface area contributed by atoms with Crippen molar-refractivity contribution >= 4 is 11.7 Å². The molecule has 148 valence electrons. The van der Waals surface area contributed by atoms with Crippen molar-refractivity contribution in [1.29, 1.82) is 0 Å². The number of benzene rings is 2. The number of rotatable bonds is 5. The number of halogens is 1. The molecule has 0 bridgehead atoms. The molecule has 2 aromatic rings. The predicted molar refractivity (Wildman–Crippen MR) is 100 cm³/mol. The van der Waals surface area contributed by atoms with Gasteiger partial charge in [-0.15, -0.1) is 0 Å². The summed E-state index contributed by atoms with van der Waals surface area (Å²) in [6, 6.07) is 3.35. The second-order valence-corrected chi connectivity index (χ2v) is 6.74. The van der Waals surface area contributed by atoms with E-state index in [1.807, 2.05) is 11.9 Å². The van der Waals surface area contributed by atoms with Crippen LogP contribution in [-0.4, -0.2) is 41.6 Å². The second kappa shape index (κ2) is 7.43. The Balaban J connectivity index is 2.36. The first-order chi connectivity index (χ1) is 13.2. The molecule has 2 aromatic carbocycles. The van der Waals surface area contributed by atoms with Gasteiger partial charge in [-0.25, -0.2) is 9.18 Å². The summed E-state index contributed by atoms with van der Waals surface area (Å²) >= 11 is 0. The third kappa shape index (κ3) is 3.36. The molecule has 3 rings (SSSR count). The highest BCUT2D eigenvalue weighted by molar-refractivity contribution is 5.83. The molecule has 1 atom stereocenters. The molecule has 1 unspecified atom stereocenters. The van der Waals surface area contributed by atoms with Crippen LogP contribution in [-0.2, 0) is 17.8 Å². The number of carboxylic acid groups (broad SMARTS) is 1. The first-order valence-corrected chi connectivity index (χ1v) is 8.57. The molecule has 28 heavy (non-hydrogen) atoms. The van der Waals surface area contributed by atoms with Crippen LogP contribution >= 0.6 is 0 Å². The van der Waals surface area contributed by atoms with Crippen LogP contribution in [0.4, 0.5) is 10.1 Å². The number of nitrogens with zero attached hydrogens (tertiary/aromatic N) is 2. The number of hydrogen-bond donors (Lipinski definition) is 2. The van der Waals surface area contributed by atoms with Crippen molar-refractivity contribution < 1.29 is 24.0 Å². The highest BCUT2D eigenvalue weighted by Crippen LogP contribution is 2.42. The summed E-state index contributed by atoms with van der Waals surface area (Å²) < 4.78 is 19.3. The Morgan fingerprint density at radius 1 is 1.36 bits per heavy atom. The van der Waals surface area contributed by atoms with Crippen molar-refractivity contribution in [3.8, 4) is 16.9 Å². The van der Waals surface area contributed by atoms with E-state index < -0.39 is 22.8 Å². The maximum Gasteiger partial charge on any atom is 0.384 e. The van der Waals surface area contributed by atoms with E-state index in [0.717, 1.165) is 5.56 Å². The number of ether oxygens (including phenoxy) is 1. The quantitative estimate of drug-likeness (QED) is 0.458. The zero-order valence-corrected chi connectivity index (χ0v) is 15.4. The van der Waals surface area contributed by atoms with Gasteiger partial charge in [-0.3, -0.25) is 10.1 Å². The van der Waals surface area contributed by atoms with Gasteiger partial charge in [0.15, 0.2) is 0 Å². The van der Waals surface area contributed by atoms with E-state index in [2.05, 4.69) is 0 Å². The van der Waals surface area contributed by atoms with Crippen molar-refractivity contribution in [2.75, 3.05) is 26.4 Å². The van der Waals surface area contributed by atoms with Crippen molar-refractivity contribution in [2.45, 2.75) is 19.0 Å². The van der Waals surface area contributed by atoms with E-state index in [1.165, 1.54) is 31.4 Å². The SMILES string of the molecule is COc1ccc(F)cc1-c1cc(C(C(=O)O)[N+](=O)[O-])c(N)c2c1CCN(C)C2. The number of aliphatic carboxylic acids is 1. The number of hydrogen-bond acceptors (Lipinski definition) is 6. The summed E-state index contributed by atoms with van der Waals surface area (Å²) in [4.78, 5) is 24.1. The second-order valence-electron chi connectivity index (χ2n) is 6.74. The third-order valence-electron chi connectivity index (χ3n) is 4.99. The van der Waals surface area contributed by atoms with Crippen LogP contribution in [0.3, 0.4) is 0 Å². The summed E-state index contributed by atoms with van der Waals surface area (Å²) in [6.07, 6.45) is 0.585. The maximum absolute atomic E-state index is 14.0. The highest BCUT2D eigenvalue weighted by atomic mass is 19.1. The molecule has 9 heteroatoms. The first-order valence-electron chi connectivity index (χ1n) is 8.57. The minimum Gasteiger partial charge on any atom is -0.496 e. The number of nitrogens with two attached hydrogens (primary N) is 1. The Hall–Kier alpha value is -3.20. The number of carbonyl (C=O) groups is 1. The Kier molecular flexibility index (Phi) is 5.19. The largest absolute Gasteiger partial charge is 0.496 e. The standard InChI is InChI=1S/C19H20FN3O5/c1-22-6-5-11-12(13-7-10(20)3-4-16(13)28-2)8-14(17(21)15(11)9-22)18(19(24)25)23(26)27/h3-4,7-8,18H,5-6,9,21H2,1-2H3,(H,24,25). The number of anilines is 1. The van der Waals surface area contributed by atoms with Crippen LogP contribution < -0.4 is 10.5 Å². The highest BCUT2D eigenvalue weighted by Gasteiger charge is 2.36. The van der Waals surface area contributed by atoms with E-state index in [4.69, 9.17) is 10.5 Å². The van der Waals surface area contributed by atoms with E-state index in [1.54, 1.807) is 0 Å². The van der Waals surface area contributed by atoms with E-state index in [-0.39, 0.29) is 11.3 Å². The molecule has 1 heterocycles. The lowest BCUT2D eigenvalue weighted by atomic mass is 9.85. The predicted octanol–water partition coefficient (Wildman–Crippen LogP) is 2.47. The minimum atomic E-state index is -2.02. The van der Waals surface area contributed by atoms with Gasteiger partial charge in [-0.2, -0.15) is 0 Å². The van der Waals surface area contributed by atoms with Gasteiger partial charge in [0.25, 0.3) is 0 Å². The summed E-state index contributed by atoms with van der Waals surface area (Å²) in [5.74, 6) is -1.73. The van der Waals surface area contributed by atoms with Crippen LogP contribution in [0.5, 0.6) is 5.75 Å². The van der Waals surface area contributed by atoms with Crippen molar-refractivity contribution in [1.82, 2.24) is 4.90 Å². The average molecular weight is 389 g/mol. The Morgan fingerprint density at radius 3 is 2.68 bits per heavy atom. The number of nitrogen functional groups attached to an aromatic ring is 1. The molecular weight excluding hydrogens is 369 g/mol. The number of carboxylic acids is 1. The third-order valence-corrected chi connectivity index (χ3v) is 4.99. The van der Waals surface area contributed by atoms with Gasteiger partial charge in [0.2, 0.25) is 0 Å². The molecule has 1 aliphatic rings. The van der Waals surface area contributed by atoms with E-state index >= 15 is 0 Å². The Bertz CT molecular complexity index is 949. The van der Waals surface area contributed by atoms with Gasteiger partial charge in [-0.05, 0) is 54.4 Å². The fraction of sp³-hybridized carbons (Fsp3) is 0.316. The van der Waals surface area contributed by atoms with Crippen LogP contribution in [0, 0.1) is 15.9 Å². The molecule has 0 aliphatic carbocycles. The van der Waals surface area contributed by atoms with Crippen molar-refractivity contribution in [3.63, 3.8) is 0 Å². The maximum atomic E-state index is 14.0. The number of nitro groups is 1. The van der Waals surface area contributed by atoms with Crippen LogP contribution in [0.2, 0.25) is 0 Å². The molecule has 0 amide bonds. The number of methoxy groups -OCH3 is 1. The van der Waals surface area contributed by atoms with Gasteiger partial charge in [-0.1, -0.05) is 0 Å². The van der Waals surface area contributed by atoms with E-state index in [9.17, 15) is 24.4 Å². The van der Waals surface area contributed by atoms with Gasteiger partial charge < -0.3 is 20.5 Å². The lowest BCUT2D eigenvalue weighted by Gasteiger charge is -2.30. The lowest BCUT2D eigenvalue weighted by molar-refractivity contribution is -0.516. The molecule has 0 fully saturated rings. The van der Waals surface area contributed by atoms with Crippen LogP contribution in [0.15, 0.2) is 24.3 Å². The van der Waals surface area contributed by atoms with Gasteiger partial charge >= 0.3 is 12.0 Å². The summed E-state index contributed by atoms with van der Waals surface area (Å²) in [5, 5.41) is 20.8. The van der Waals surface area contributed by atoms with Crippen molar-refractivity contribution in [3.05, 3.63) is 56.9 Å². The number of likely N-dealkylation sites (N-methyl/N-ethyl adjacent to an activating group) is 1. The van der Waals surface area contributed by atoms with Crippen LogP contribution in [0.1, 0.15) is 22.7 Å². The molecule has 8 nitrogen and oxygen atoms in total. The molecular formula is C19H20FN3O5. The summed E-state index contributed by atoms with van der Waals surface area (Å²) in [5.41, 5.74) is 8.50. The zero-order valence-electron chi connectivity index (χ0n) is 15.4. The van der Waals surface area contributed by atoms with Gasteiger partial charge in [0.05, 0.1) is 12.7 Å². The summed E-state index contributed by atoms with van der Waals surface area (Å²) in [6.45, 7) is 1.12. The minimum absolute atomic E-state index is 0.0877. The molecule has 1 aliphatic heterocycles. The van der Waals surface area contributed by atoms with Crippen molar-refractivity contribution in [2.24, 2.45) is 0 Å². The van der Waals surface area contributed by atoms with Gasteiger partial charge in [0, 0.05) is 29.3 Å². The molecule has 0 spiro atoms. The molecule has 0 aromatic heterocycles. The molecule has 0 saturated carbocycles. The normalized spacial score (nSPS) is 15.0. The van der Waals surface area contributed by atoms with E-state index in [0.29, 0.717) is 42.0 Å². The number of fused-ring (bicyclic) bond motifs is 1. The molecule has 3 N–H and O–H groups in total. The fourth-order valence-corrected chi connectivity index (χ4v) is 3.63. The monoisotopic (exact) mass is 389 g/mol. The van der Waals surface area contributed by atoms with Crippen LogP contribution in [0.25, 0.3) is 11.1 Å². The topological polar surface area (TPSA) is 119 Å². The molecule has 0 radical (unpaired) electrons. The smallest absolute Gasteiger partial charge is 0.384 e. The first kappa shape index (κ1) is 19.6. The Morgan fingerprint density at radius 2 is 2.07 bits per heavy atom. The summed E-state index contributed by atoms with van der Waals surface area (Å²) in [7, 11) is 3.31. The lowest BCUT2D eigenvalue weighted by Crippen LogP contribution is -2.29. The fourth-order valence-electron chi connectivity index (χ4n) is 3.63. The molecule has 0 saturated heterocycles. The van der Waals surface area contributed by atoms with Gasteiger partial charge in [0.1, 0.15) is 11.6 Å².